The highest BCUT2D eigenvalue weighted by Crippen LogP contribution is 2.38. The molecular formula is C16H14N4O2S2. The number of hydrogen-bond donors (Lipinski definition) is 2. The van der Waals surface area contributed by atoms with Gasteiger partial charge in [0.15, 0.2) is 10.3 Å². The van der Waals surface area contributed by atoms with Crippen molar-refractivity contribution in [1.29, 1.82) is 0 Å². The molecule has 0 radical (unpaired) electrons. The number of aromatic amines is 2. The van der Waals surface area contributed by atoms with E-state index < -0.39 is 0 Å². The molecule has 0 fully saturated rings. The summed E-state index contributed by atoms with van der Waals surface area (Å²) >= 11 is 0. The Morgan fingerprint density at radius 3 is 1.62 bits per heavy atom. The number of imidazole rings is 2. The monoisotopic (exact) mass is 358 g/mol. The van der Waals surface area contributed by atoms with Gasteiger partial charge in [0.05, 0.1) is 25.3 Å². The van der Waals surface area contributed by atoms with Gasteiger partial charge in [-0.3, -0.25) is 0 Å². The highest BCUT2D eigenvalue weighted by Gasteiger charge is 2.12. The number of methoxy groups -OCH3 is 2. The van der Waals surface area contributed by atoms with Crippen LogP contribution in [0.2, 0.25) is 0 Å². The highest BCUT2D eigenvalue weighted by molar-refractivity contribution is 8.76. The number of ether oxygens (including phenoxy) is 2. The van der Waals surface area contributed by atoms with Crippen LogP contribution in [0.3, 0.4) is 0 Å². The van der Waals surface area contributed by atoms with Crippen molar-refractivity contribution < 1.29 is 9.47 Å². The van der Waals surface area contributed by atoms with Crippen molar-refractivity contribution >= 4 is 43.7 Å². The number of nitrogens with one attached hydrogen (secondary N) is 2. The maximum atomic E-state index is 5.34. The molecule has 0 aliphatic rings. The topological polar surface area (TPSA) is 75.8 Å². The molecule has 2 heterocycles. The number of nitrogens with zero attached hydrogens (tertiary/aromatic N) is 2. The molecular weight excluding hydrogens is 344 g/mol. The number of benzene rings is 2. The van der Waals surface area contributed by atoms with E-state index in [1.165, 1.54) is 21.6 Å². The predicted octanol–water partition coefficient (Wildman–Crippen LogP) is 4.26. The Morgan fingerprint density at radius 2 is 1.21 bits per heavy atom. The average molecular weight is 358 g/mol. The molecule has 0 unspecified atom stereocenters. The molecule has 2 N–H and O–H groups in total. The molecule has 4 rings (SSSR count). The average Bonchev–Trinajstić information content (AvgIpc) is 3.22. The van der Waals surface area contributed by atoms with Crippen LogP contribution in [-0.2, 0) is 0 Å². The summed E-state index contributed by atoms with van der Waals surface area (Å²) in [5, 5.41) is 1.60. The van der Waals surface area contributed by atoms with Crippen molar-refractivity contribution in [3.05, 3.63) is 36.4 Å². The van der Waals surface area contributed by atoms with Crippen molar-refractivity contribution in [2.75, 3.05) is 14.2 Å². The zero-order chi connectivity index (χ0) is 16.5. The molecule has 4 aromatic rings. The van der Waals surface area contributed by atoms with E-state index in [1.54, 1.807) is 14.2 Å². The van der Waals surface area contributed by atoms with E-state index in [-0.39, 0.29) is 0 Å². The summed E-state index contributed by atoms with van der Waals surface area (Å²) in [4.78, 5) is 15.7. The molecule has 6 nitrogen and oxygen atoms in total. The second-order valence-corrected chi connectivity index (χ2v) is 7.07. The molecule has 122 valence electrons. The lowest BCUT2D eigenvalue weighted by Crippen LogP contribution is -1.83. The Bertz CT molecular complexity index is 930. The molecule has 0 atom stereocenters. The fraction of sp³-hybridized carbons (Fsp3) is 0.125. The Balaban J connectivity index is 1.59. The van der Waals surface area contributed by atoms with Crippen molar-refractivity contribution in [2.45, 2.75) is 10.3 Å². The van der Waals surface area contributed by atoms with Crippen LogP contribution in [0.1, 0.15) is 0 Å². The second kappa shape index (κ2) is 6.29. The number of fused-ring (bicyclic) bond motifs is 2. The van der Waals surface area contributed by atoms with Crippen LogP contribution in [0.4, 0.5) is 0 Å². The minimum absolute atomic E-state index is 0.758. The summed E-state index contributed by atoms with van der Waals surface area (Å²) < 4.78 is 10.7. The Hall–Kier alpha value is -2.32. The first-order valence-corrected chi connectivity index (χ1v) is 9.33. The third kappa shape index (κ3) is 2.67. The number of hydrogen-bond acceptors (Lipinski definition) is 6. The van der Waals surface area contributed by atoms with E-state index in [2.05, 4.69) is 19.9 Å². The van der Waals surface area contributed by atoms with Gasteiger partial charge in [-0.2, -0.15) is 0 Å². The van der Waals surface area contributed by atoms with Gasteiger partial charge >= 0.3 is 0 Å². The van der Waals surface area contributed by atoms with Crippen molar-refractivity contribution in [3.63, 3.8) is 0 Å². The van der Waals surface area contributed by atoms with E-state index >= 15 is 0 Å². The summed E-state index contributed by atoms with van der Waals surface area (Å²) in [7, 11) is 6.31. The highest BCUT2D eigenvalue weighted by atomic mass is 33.1. The molecule has 0 spiro atoms. The minimum atomic E-state index is 0.758. The van der Waals surface area contributed by atoms with Gasteiger partial charge in [-0.05, 0) is 45.9 Å². The molecule has 2 aromatic heterocycles. The number of rotatable bonds is 5. The summed E-state index contributed by atoms with van der Waals surface area (Å²) in [5.41, 5.74) is 3.55. The molecule has 0 saturated heterocycles. The SMILES string of the molecule is COc1cccc2[nH]c(SSc3nc4c(OC)cccc4[nH]3)nc12. The van der Waals surface area contributed by atoms with Crippen LogP contribution in [0, 0.1) is 0 Å². The first kappa shape index (κ1) is 15.2. The van der Waals surface area contributed by atoms with E-state index in [0.717, 1.165) is 43.9 Å². The van der Waals surface area contributed by atoms with Crippen molar-refractivity contribution in [2.24, 2.45) is 0 Å². The lowest BCUT2D eigenvalue weighted by Gasteiger charge is -1.97. The van der Waals surface area contributed by atoms with Crippen LogP contribution in [0.15, 0.2) is 46.7 Å². The van der Waals surface area contributed by atoms with Crippen LogP contribution in [0.25, 0.3) is 22.1 Å². The maximum Gasteiger partial charge on any atom is 0.177 e. The van der Waals surface area contributed by atoms with Crippen LogP contribution >= 0.6 is 21.6 Å². The van der Waals surface area contributed by atoms with E-state index in [4.69, 9.17) is 9.47 Å². The fourth-order valence-corrected chi connectivity index (χ4v) is 4.12. The number of H-pyrrole nitrogens is 2. The van der Waals surface area contributed by atoms with E-state index in [1.807, 2.05) is 36.4 Å². The Kier molecular flexibility index (Phi) is 3.99. The fourth-order valence-electron chi connectivity index (χ4n) is 2.45. The van der Waals surface area contributed by atoms with E-state index in [9.17, 15) is 0 Å². The summed E-state index contributed by atoms with van der Waals surface area (Å²) in [6.45, 7) is 0. The normalized spacial score (nSPS) is 11.2. The Morgan fingerprint density at radius 1 is 0.750 bits per heavy atom. The molecule has 0 bridgehead atoms. The molecule has 0 saturated carbocycles. The van der Waals surface area contributed by atoms with Gasteiger partial charge in [0.25, 0.3) is 0 Å². The van der Waals surface area contributed by atoms with Gasteiger partial charge in [-0.15, -0.1) is 0 Å². The van der Waals surface area contributed by atoms with Crippen molar-refractivity contribution in [1.82, 2.24) is 19.9 Å². The molecule has 8 heteroatoms. The molecule has 2 aromatic carbocycles. The summed E-state index contributed by atoms with van der Waals surface area (Å²) in [5.74, 6) is 1.52. The number of para-hydroxylation sites is 2. The van der Waals surface area contributed by atoms with E-state index in [0.29, 0.717) is 0 Å². The van der Waals surface area contributed by atoms with Gasteiger partial charge in [0.1, 0.15) is 22.5 Å². The zero-order valence-corrected chi connectivity index (χ0v) is 14.6. The minimum Gasteiger partial charge on any atom is -0.494 e. The smallest absolute Gasteiger partial charge is 0.177 e. The Labute approximate surface area is 145 Å². The third-order valence-corrected chi connectivity index (χ3v) is 5.53. The van der Waals surface area contributed by atoms with Gasteiger partial charge in [-0.25, -0.2) is 9.97 Å². The second-order valence-electron chi connectivity index (χ2n) is 4.96. The predicted molar refractivity (Wildman–Crippen MR) is 97.0 cm³/mol. The largest absolute Gasteiger partial charge is 0.494 e. The third-order valence-electron chi connectivity index (χ3n) is 3.55. The molecule has 24 heavy (non-hydrogen) atoms. The molecule has 0 amide bonds. The molecule has 0 aliphatic heterocycles. The maximum absolute atomic E-state index is 5.34. The van der Waals surface area contributed by atoms with Gasteiger partial charge in [-0.1, -0.05) is 12.1 Å². The first-order chi connectivity index (χ1) is 11.8. The lowest BCUT2D eigenvalue weighted by molar-refractivity contribution is 0.419. The number of aromatic nitrogens is 4. The summed E-state index contributed by atoms with van der Waals surface area (Å²) in [6, 6.07) is 11.6. The molecule has 0 aliphatic carbocycles. The van der Waals surface area contributed by atoms with Crippen molar-refractivity contribution in [3.8, 4) is 11.5 Å². The quantitative estimate of drug-likeness (QED) is 0.519. The van der Waals surface area contributed by atoms with Crippen LogP contribution in [-0.4, -0.2) is 34.2 Å². The van der Waals surface area contributed by atoms with Gasteiger partial charge in [0, 0.05) is 0 Å². The van der Waals surface area contributed by atoms with Gasteiger partial charge < -0.3 is 19.4 Å². The lowest BCUT2D eigenvalue weighted by atomic mass is 10.3. The zero-order valence-electron chi connectivity index (χ0n) is 13.0. The standard InChI is InChI=1S/C16H14N4O2S2/c1-21-11-7-3-5-9-13(11)19-15(17-9)23-24-16-18-10-6-4-8-12(22-2)14(10)20-16/h3-8H,1-2H3,(H,17,19)(H,18,20). The summed E-state index contributed by atoms with van der Waals surface area (Å²) in [6.07, 6.45) is 0. The van der Waals surface area contributed by atoms with Crippen LogP contribution in [0.5, 0.6) is 11.5 Å². The van der Waals surface area contributed by atoms with Gasteiger partial charge in [0.2, 0.25) is 0 Å². The first-order valence-electron chi connectivity index (χ1n) is 7.18. The van der Waals surface area contributed by atoms with Crippen LogP contribution < -0.4 is 9.47 Å².